The first kappa shape index (κ1) is 14.0. The molecule has 2 amide bonds. The van der Waals surface area contributed by atoms with E-state index in [1.165, 1.54) is 0 Å². The molecule has 0 aliphatic heterocycles. The number of aliphatic hydroxyl groups is 1. The van der Waals surface area contributed by atoms with E-state index in [0.717, 1.165) is 0 Å². The van der Waals surface area contributed by atoms with Gasteiger partial charge < -0.3 is 15.7 Å². The minimum absolute atomic E-state index is 0.140. The molecule has 3 N–H and O–H groups in total. The van der Waals surface area contributed by atoms with Crippen molar-refractivity contribution >= 4 is 17.5 Å². The number of hydrogen-bond acceptors (Lipinski definition) is 3. The summed E-state index contributed by atoms with van der Waals surface area (Å²) in [6.45, 7) is -0.503. The van der Waals surface area contributed by atoms with Crippen molar-refractivity contribution in [3.05, 3.63) is 29.6 Å². The minimum Gasteiger partial charge on any atom is -0.395 e. The first-order chi connectivity index (χ1) is 8.45. The molecule has 98 valence electrons. The number of benzene rings is 1. The van der Waals surface area contributed by atoms with Crippen molar-refractivity contribution in [2.24, 2.45) is 0 Å². The molecule has 0 aliphatic rings. The molecule has 0 spiro atoms. The van der Waals surface area contributed by atoms with Gasteiger partial charge in [-0.1, -0.05) is 0 Å². The van der Waals surface area contributed by atoms with Crippen LogP contribution < -0.4 is 10.6 Å². The smallest absolute Gasteiger partial charge is 0.313 e. The van der Waals surface area contributed by atoms with E-state index in [1.807, 2.05) is 10.6 Å². The van der Waals surface area contributed by atoms with E-state index in [9.17, 15) is 22.8 Å². The van der Waals surface area contributed by atoms with E-state index in [-0.39, 0.29) is 13.2 Å². The van der Waals surface area contributed by atoms with Gasteiger partial charge in [0.1, 0.15) is 0 Å². The van der Waals surface area contributed by atoms with Gasteiger partial charge in [0, 0.05) is 24.4 Å². The van der Waals surface area contributed by atoms with E-state index >= 15 is 0 Å². The summed E-state index contributed by atoms with van der Waals surface area (Å²) in [4.78, 5) is 22.2. The van der Waals surface area contributed by atoms with Crippen molar-refractivity contribution in [1.82, 2.24) is 5.32 Å². The Morgan fingerprint density at radius 2 is 1.67 bits per heavy atom. The summed E-state index contributed by atoms with van der Waals surface area (Å²) >= 11 is 0. The van der Waals surface area contributed by atoms with Crippen molar-refractivity contribution in [1.29, 1.82) is 0 Å². The fraction of sp³-hybridized carbons (Fsp3) is 0.200. The quantitative estimate of drug-likeness (QED) is 0.536. The summed E-state index contributed by atoms with van der Waals surface area (Å²) in [6, 6.07) is 1.07. The van der Waals surface area contributed by atoms with E-state index in [0.29, 0.717) is 12.1 Å². The van der Waals surface area contributed by atoms with Gasteiger partial charge in [0.05, 0.1) is 6.61 Å². The number of carbonyl (C=O) groups is 2. The van der Waals surface area contributed by atoms with Gasteiger partial charge in [-0.3, -0.25) is 9.59 Å². The van der Waals surface area contributed by atoms with Gasteiger partial charge in [-0.15, -0.1) is 0 Å². The molecule has 0 saturated carbocycles. The molecular weight excluding hydrogens is 253 g/mol. The maximum absolute atomic E-state index is 12.8. The second-order valence-corrected chi connectivity index (χ2v) is 3.19. The predicted octanol–water partition coefficient (Wildman–Crippen LogP) is 0.151. The first-order valence-electron chi connectivity index (χ1n) is 4.80. The molecule has 0 radical (unpaired) electrons. The van der Waals surface area contributed by atoms with Gasteiger partial charge in [0.25, 0.3) is 0 Å². The van der Waals surface area contributed by atoms with Gasteiger partial charge >= 0.3 is 11.8 Å². The third kappa shape index (κ3) is 3.45. The number of hydrogen-bond donors (Lipinski definition) is 3. The summed E-state index contributed by atoms with van der Waals surface area (Å²) in [5, 5.41) is 12.3. The number of halogens is 3. The number of amides is 2. The molecule has 0 unspecified atom stereocenters. The Hall–Kier alpha value is -2.09. The van der Waals surface area contributed by atoms with Crippen LogP contribution in [0.1, 0.15) is 0 Å². The number of nitrogens with one attached hydrogen (secondary N) is 2. The maximum Gasteiger partial charge on any atom is 0.313 e. The van der Waals surface area contributed by atoms with Crippen LogP contribution in [0.3, 0.4) is 0 Å². The summed E-state index contributed by atoms with van der Waals surface area (Å²) in [5.74, 6) is -6.91. The van der Waals surface area contributed by atoms with E-state index in [4.69, 9.17) is 5.11 Å². The highest BCUT2D eigenvalue weighted by Crippen LogP contribution is 2.17. The zero-order chi connectivity index (χ0) is 13.7. The summed E-state index contributed by atoms with van der Waals surface area (Å²) in [7, 11) is 0. The summed E-state index contributed by atoms with van der Waals surface area (Å²) < 4.78 is 38.2. The van der Waals surface area contributed by atoms with Crippen LogP contribution in [0.2, 0.25) is 0 Å². The fourth-order valence-corrected chi connectivity index (χ4v) is 1.07. The van der Waals surface area contributed by atoms with Crippen molar-refractivity contribution in [2.75, 3.05) is 18.5 Å². The molecule has 0 heterocycles. The average Bonchev–Trinajstić information content (AvgIpc) is 2.32. The maximum atomic E-state index is 12.8. The van der Waals surface area contributed by atoms with Crippen molar-refractivity contribution in [3.63, 3.8) is 0 Å². The molecule has 0 aromatic heterocycles. The van der Waals surface area contributed by atoms with Gasteiger partial charge in [-0.25, -0.2) is 13.2 Å². The Labute approximate surface area is 99.6 Å². The lowest BCUT2D eigenvalue weighted by Gasteiger charge is -2.06. The number of anilines is 1. The Bertz CT molecular complexity index is 456. The van der Waals surface area contributed by atoms with Crippen LogP contribution in [0.5, 0.6) is 0 Å². The van der Waals surface area contributed by atoms with Crippen molar-refractivity contribution in [3.8, 4) is 0 Å². The number of aliphatic hydroxyl groups excluding tert-OH is 1. The Kier molecular flexibility index (Phi) is 4.67. The lowest BCUT2D eigenvalue weighted by molar-refractivity contribution is -0.136. The molecule has 0 saturated heterocycles. The van der Waals surface area contributed by atoms with Crippen LogP contribution in [-0.2, 0) is 9.59 Å². The zero-order valence-electron chi connectivity index (χ0n) is 8.97. The summed E-state index contributed by atoms with van der Waals surface area (Å²) in [6.07, 6.45) is 0. The second-order valence-electron chi connectivity index (χ2n) is 3.19. The van der Waals surface area contributed by atoms with E-state index in [1.54, 1.807) is 0 Å². The molecular formula is C10H9F3N2O3. The molecule has 1 aromatic carbocycles. The van der Waals surface area contributed by atoms with Crippen LogP contribution in [0.4, 0.5) is 18.9 Å². The zero-order valence-corrected chi connectivity index (χ0v) is 8.97. The normalized spacial score (nSPS) is 10.0. The highest BCUT2D eigenvalue weighted by Gasteiger charge is 2.16. The third-order valence-electron chi connectivity index (χ3n) is 1.85. The van der Waals surface area contributed by atoms with Crippen LogP contribution in [0.25, 0.3) is 0 Å². The highest BCUT2D eigenvalue weighted by atomic mass is 19.2. The van der Waals surface area contributed by atoms with Gasteiger partial charge in [0.2, 0.25) is 0 Å². The van der Waals surface area contributed by atoms with E-state index < -0.39 is 35.0 Å². The third-order valence-corrected chi connectivity index (χ3v) is 1.85. The molecule has 1 rings (SSSR count). The van der Waals surface area contributed by atoms with Crippen molar-refractivity contribution < 1.29 is 27.9 Å². The largest absolute Gasteiger partial charge is 0.395 e. The SMILES string of the molecule is O=C(NCCO)C(=O)Nc1cc(F)c(F)c(F)c1. The Morgan fingerprint density at radius 1 is 1.11 bits per heavy atom. The molecule has 1 aromatic rings. The predicted molar refractivity (Wildman–Crippen MR) is 55.0 cm³/mol. The van der Waals surface area contributed by atoms with Crippen LogP contribution in [0, 0.1) is 17.5 Å². The molecule has 0 fully saturated rings. The fourth-order valence-electron chi connectivity index (χ4n) is 1.07. The minimum atomic E-state index is -1.67. The Balaban J connectivity index is 2.73. The highest BCUT2D eigenvalue weighted by molar-refractivity contribution is 6.39. The molecule has 5 nitrogen and oxygen atoms in total. The van der Waals surface area contributed by atoms with Gasteiger partial charge in [-0.05, 0) is 0 Å². The first-order valence-corrected chi connectivity index (χ1v) is 4.80. The average molecular weight is 262 g/mol. The lowest BCUT2D eigenvalue weighted by Crippen LogP contribution is -2.36. The van der Waals surface area contributed by atoms with Crippen molar-refractivity contribution in [2.45, 2.75) is 0 Å². The second kappa shape index (κ2) is 6.01. The van der Waals surface area contributed by atoms with Crippen LogP contribution >= 0.6 is 0 Å². The number of carbonyl (C=O) groups excluding carboxylic acids is 2. The monoisotopic (exact) mass is 262 g/mol. The van der Waals surface area contributed by atoms with E-state index in [2.05, 4.69) is 0 Å². The van der Waals surface area contributed by atoms with Gasteiger partial charge in [-0.2, -0.15) is 0 Å². The molecule has 0 bridgehead atoms. The molecule has 0 aliphatic carbocycles. The van der Waals surface area contributed by atoms with Gasteiger partial charge in [0.15, 0.2) is 17.5 Å². The Morgan fingerprint density at radius 3 is 2.17 bits per heavy atom. The molecule has 18 heavy (non-hydrogen) atoms. The molecule has 8 heteroatoms. The van der Waals surface area contributed by atoms with Crippen LogP contribution in [-0.4, -0.2) is 30.1 Å². The lowest BCUT2D eigenvalue weighted by atomic mass is 10.3. The number of rotatable bonds is 3. The molecule has 0 atom stereocenters. The standard InChI is InChI=1S/C10H9F3N2O3/c11-6-3-5(4-7(12)8(6)13)15-10(18)9(17)14-1-2-16/h3-4,16H,1-2H2,(H,14,17)(H,15,18). The van der Waals surface area contributed by atoms with Crippen LogP contribution in [0.15, 0.2) is 12.1 Å². The topological polar surface area (TPSA) is 78.4 Å². The summed E-state index contributed by atoms with van der Waals surface area (Å²) in [5.41, 5.74) is -0.393.